The van der Waals surface area contributed by atoms with E-state index in [0.717, 1.165) is 53.6 Å². The minimum Gasteiger partial charge on any atom is -0.284 e. The van der Waals surface area contributed by atoms with E-state index in [1.807, 2.05) is 24.3 Å². The van der Waals surface area contributed by atoms with Crippen molar-refractivity contribution in [2.45, 2.75) is 33.1 Å². The van der Waals surface area contributed by atoms with Crippen LogP contribution in [-0.4, -0.2) is 29.2 Å². The summed E-state index contributed by atoms with van der Waals surface area (Å²) in [7, 11) is 0. The smallest absolute Gasteiger partial charge is 0.160 e. The van der Waals surface area contributed by atoms with E-state index >= 15 is 0 Å². The highest BCUT2D eigenvalue weighted by Gasteiger charge is 2.10. The monoisotopic (exact) mass is 306 g/mol. The first-order chi connectivity index (χ1) is 11.2. The second-order valence-electron chi connectivity index (χ2n) is 5.81. The quantitative estimate of drug-likeness (QED) is 0.581. The summed E-state index contributed by atoms with van der Waals surface area (Å²) < 4.78 is 4.24. The van der Waals surface area contributed by atoms with E-state index in [9.17, 15) is 0 Å². The van der Waals surface area contributed by atoms with Crippen LogP contribution in [0.15, 0.2) is 36.4 Å². The third kappa shape index (κ3) is 2.36. The van der Waals surface area contributed by atoms with E-state index in [-0.39, 0.29) is 0 Å². The lowest BCUT2D eigenvalue weighted by atomic mass is 10.2. The summed E-state index contributed by atoms with van der Waals surface area (Å²) in [5.41, 5.74) is 4.13. The van der Waals surface area contributed by atoms with Gasteiger partial charge in [-0.25, -0.2) is 0 Å². The van der Waals surface area contributed by atoms with E-state index in [2.05, 4.69) is 55.2 Å². The van der Waals surface area contributed by atoms with Crippen molar-refractivity contribution in [2.24, 2.45) is 0 Å². The number of fused-ring (bicyclic) bond motifs is 2. The van der Waals surface area contributed by atoms with Crippen molar-refractivity contribution >= 4 is 11.3 Å². The van der Waals surface area contributed by atoms with Crippen molar-refractivity contribution in [3.05, 3.63) is 59.4 Å². The van der Waals surface area contributed by atoms with Gasteiger partial charge in [0, 0.05) is 24.2 Å². The maximum atomic E-state index is 4.32. The molecule has 4 aromatic heterocycles. The molecule has 0 atom stereocenters. The number of hydrogen-bond donors (Lipinski definition) is 0. The summed E-state index contributed by atoms with van der Waals surface area (Å²) in [4.78, 5) is 0. The van der Waals surface area contributed by atoms with Crippen molar-refractivity contribution in [2.75, 3.05) is 0 Å². The van der Waals surface area contributed by atoms with Gasteiger partial charge in [0.25, 0.3) is 0 Å². The van der Waals surface area contributed by atoms with Crippen LogP contribution in [0.25, 0.3) is 11.3 Å². The molecular formula is C17H18N6. The predicted octanol–water partition coefficient (Wildman–Crippen LogP) is 2.56. The molecule has 0 unspecified atom stereocenters. The maximum absolute atomic E-state index is 4.32. The van der Waals surface area contributed by atoms with Gasteiger partial charge in [0.15, 0.2) is 11.3 Å². The minimum atomic E-state index is 0.868. The number of pyridine rings is 2. The first-order valence-corrected chi connectivity index (χ1v) is 7.83. The van der Waals surface area contributed by atoms with Crippen molar-refractivity contribution < 1.29 is 0 Å². The predicted molar refractivity (Wildman–Crippen MR) is 87.5 cm³/mol. The molecular weight excluding hydrogens is 288 g/mol. The largest absolute Gasteiger partial charge is 0.284 e. The molecule has 0 bridgehead atoms. The highest BCUT2D eigenvalue weighted by Crippen LogP contribution is 2.13. The Kier molecular flexibility index (Phi) is 3.29. The number of hydrogen-bond acceptors (Lipinski definition) is 4. The number of nitrogens with zero attached hydrogens (tertiary/aromatic N) is 6. The second-order valence-corrected chi connectivity index (χ2v) is 5.81. The van der Waals surface area contributed by atoms with Gasteiger partial charge in [-0.3, -0.25) is 8.80 Å². The molecule has 0 aliphatic rings. The fraction of sp³-hybridized carbons (Fsp3) is 0.294. The summed E-state index contributed by atoms with van der Waals surface area (Å²) in [5, 5.41) is 17.1. The topological polar surface area (TPSA) is 60.4 Å². The van der Waals surface area contributed by atoms with Gasteiger partial charge in [0.1, 0.15) is 11.6 Å². The Morgan fingerprint density at radius 1 is 0.696 bits per heavy atom. The van der Waals surface area contributed by atoms with Gasteiger partial charge in [-0.1, -0.05) is 12.1 Å². The van der Waals surface area contributed by atoms with Crippen LogP contribution in [0.5, 0.6) is 0 Å². The Bertz CT molecular complexity index is 901. The molecule has 4 rings (SSSR count). The Balaban J connectivity index is 1.55. The van der Waals surface area contributed by atoms with Gasteiger partial charge >= 0.3 is 0 Å². The molecule has 0 aliphatic heterocycles. The molecule has 0 saturated heterocycles. The molecule has 4 heterocycles. The van der Waals surface area contributed by atoms with Crippen LogP contribution in [0.4, 0.5) is 0 Å². The van der Waals surface area contributed by atoms with Crippen molar-refractivity contribution in [1.82, 2.24) is 29.2 Å². The lowest BCUT2D eigenvalue weighted by molar-refractivity contribution is 0.718. The number of rotatable bonds is 4. The lowest BCUT2D eigenvalue weighted by Crippen LogP contribution is -2.02. The SMILES string of the molecule is Cc1cccc2nnc(CCCc3nnc4cccc(C)n34)n12. The Morgan fingerprint density at radius 3 is 1.65 bits per heavy atom. The van der Waals surface area contributed by atoms with Crippen LogP contribution in [0.2, 0.25) is 0 Å². The Labute approximate surface area is 133 Å². The zero-order valence-corrected chi connectivity index (χ0v) is 13.3. The van der Waals surface area contributed by atoms with Gasteiger partial charge in [0.05, 0.1) is 0 Å². The molecule has 116 valence electrons. The Morgan fingerprint density at radius 2 is 1.17 bits per heavy atom. The summed E-state index contributed by atoms with van der Waals surface area (Å²) in [6.07, 6.45) is 2.70. The average molecular weight is 306 g/mol. The average Bonchev–Trinajstić information content (AvgIpc) is 3.14. The van der Waals surface area contributed by atoms with Crippen LogP contribution in [0.1, 0.15) is 29.5 Å². The van der Waals surface area contributed by atoms with Crippen LogP contribution < -0.4 is 0 Å². The molecule has 0 aliphatic carbocycles. The van der Waals surface area contributed by atoms with E-state index < -0.39 is 0 Å². The van der Waals surface area contributed by atoms with Crippen molar-refractivity contribution in [3.8, 4) is 0 Å². The minimum absolute atomic E-state index is 0.868. The molecule has 0 saturated carbocycles. The molecule has 0 spiro atoms. The van der Waals surface area contributed by atoms with Crippen LogP contribution in [0, 0.1) is 13.8 Å². The molecule has 6 heteroatoms. The van der Waals surface area contributed by atoms with E-state index in [1.165, 1.54) is 0 Å². The first kappa shape index (κ1) is 13.9. The molecule has 6 nitrogen and oxygen atoms in total. The third-order valence-corrected chi connectivity index (χ3v) is 4.18. The third-order valence-electron chi connectivity index (χ3n) is 4.18. The highest BCUT2D eigenvalue weighted by molar-refractivity contribution is 5.40. The number of aromatic nitrogens is 6. The maximum Gasteiger partial charge on any atom is 0.160 e. The molecule has 0 N–H and O–H groups in total. The van der Waals surface area contributed by atoms with Gasteiger partial charge in [-0.2, -0.15) is 0 Å². The van der Waals surface area contributed by atoms with E-state index in [0.29, 0.717) is 0 Å². The standard InChI is InChI=1S/C17H18N6/c1-12-6-3-8-14-18-20-16(22(12)14)10-5-11-17-21-19-15-9-4-7-13(2)23(15)17/h3-4,6-9H,5,10-11H2,1-2H3. The molecule has 0 radical (unpaired) electrons. The molecule has 4 aromatic rings. The van der Waals surface area contributed by atoms with E-state index in [4.69, 9.17) is 0 Å². The van der Waals surface area contributed by atoms with Gasteiger partial charge in [-0.05, 0) is 44.5 Å². The fourth-order valence-corrected chi connectivity index (χ4v) is 3.07. The first-order valence-electron chi connectivity index (χ1n) is 7.83. The normalized spacial score (nSPS) is 11.6. The van der Waals surface area contributed by atoms with Crippen LogP contribution in [0.3, 0.4) is 0 Å². The summed E-state index contributed by atoms with van der Waals surface area (Å²) in [5.74, 6) is 2.01. The molecule has 0 aromatic carbocycles. The fourth-order valence-electron chi connectivity index (χ4n) is 3.07. The molecule has 0 fully saturated rings. The van der Waals surface area contributed by atoms with Gasteiger partial charge in [-0.15, -0.1) is 20.4 Å². The number of aryl methyl sites for hydroxylation is 4. The summed E-state index contributed by atoms with van der Waals surface area (Å²) in [6, 6.07) is 12.1. The van der Waals surface area contributed by atoms with Gasteiger partial charge in [0.2, 0.25) is 0 Å². The van der Waals surface area contributed by atoms with Crippen LogP contribution >= 0.6 is 0 Å². The van der Waals surface area contributed by atoms with Gasteiger partial charge < -0.3 is 0 Å². The molecule has 23 heavy (non-hydrogen) atoms. The lowest BCUT2D eigenvalue weighted by Gasteiger charge is -2.04. The van der Waals surface area contributed by atoms with Crippen molar-refractivity contribution in [3.63, 3.8) is 0 Å². The summed E-state index contributed by atoms with van der Waals surface area (Å²) >= 11 is 0. The zero-order chi connectivity index (χ0) is 15.8. The van der Waals surface area contributed by atoms with E-state index in [1.54, 1.807) is 0 Å². The van der Waals surface area contributed by atoms with Crippen LogP contribution in [-0.2, 0) is 12.8 Å². The zero-order valence-electron chi connectivity index (χ0n) is 13.3. The van der Waals surface area contributed by atoms with Crippen molar-refractivity contribution in [1.29, 1.82) is 0 Å². The summed E-state index contributed by atoms with van der Waals surface area (Å²) in [6.45, 7) is 4.16. The second kappa shape index (κ2) is 5.46. The molecule has 0 amide bonds. The Hall–Kier alpha value is -2.76. The highest BCUT2D eigenvalue weighted by atomic mass is 15.3.